The first-order chi connectivity index (χ1) is 10.1. The van der Waals surface area contributed by atoms with Crippen molar-refractivity contribution in [2.75, 3.05) is 14.2 Å². The van der Waals surface area contributed by atoms with E-state index in [0.717, 1.165) is 0 Å². The molecular formula is C15H10N4O2. The second kappa shape index (κ2) is 4.71. The molecule has 1 aromatic rings. The molecule has 0 N–H and O–H groups in total. The number of nitriles is 4. The molecule has 0 radical (unpaired) electrons. The van der Waals surface area contributed by atoms with Gasteiger partial charge in [-0.15, -0.1) is 0 Å². The van der Waals surface area contributed by atoms with Gasteiger partial charge in [0.15, 0.2) is 22.3 Å². The third-order valence-electron chi connectivity index (χ3n) is 3.85. The highest BCUT2D eigenvalue weighted by Gasteiger charge is 2.82. The van der Waals surface area contributed by atoms with Gasteiger partial charge in [-0.1, -0.05) is 12.1 Å². The summed E-state index contributed by atoms with van der Waals surface area (Å²) in [5.41, 5.74) is -2.95. The SMILES string of the molecule is COc1cccc(C2C(C#N)(C#N)C2(C#N)C#N)c1OC. The van der Waals surface area contributed by atoms with Gasteiger partial charge in [-0.3, -0.25) is 0 Å². The molecule has 21 heavy (non-hydrogen) atoms. The van der Waals surface area contributed by atoms with Crippen LogP contribution in [0, 0.1) is 56.2 Å². The maximum atomic E-state index is 9.33. The molecule has 0 spiro atoms. The Morgan fingerprint density at radius 3 is 1.81 bits per heavy atom. The standard InChI is InChI=1S/C15H10N4O2/c1-20-11-5-3-4-10(12(11)21-2)13-14(6-16,7-17)15(13,8-18)9-19/h3-5,13H,1-2H3. The predicted octanol–water partition coefficient (Wildman–Crippen LogP) is 1.87. The van der Waals surface area contributed by atoms with Crippen molar-refractivity contribution in [3.8, 4) is 35.8 Å². The Labute approximate surface area is 122 Å². The third-order valence-corrected chi connectivity index (χ3v) is 3.85. The Morgan fingerprint density at radius 2 is 1.43 bits per heavy atom. The van der Waals surface area contributed by atoms with Crippen molar-refractivity contribution in [2.45, 2.75) is 5.92 Å². The first-order valence-corrected chi connectivity index (χ1v) is 5.98. The van der Waals surface area contributed by atoms with Crippen LogP contribution in [-0.2, 0) is 0 Å². The summed E-state index contributed by atoms with van der Waals surface area (Å²) in [6.45, 7) is 0. The quantitative estimate of drug-likeness (QED) is 0.833. The fraction of sp³-hybridized carbons (Fsp3) is 0.333. The summed E-state index contributed by atoms with van der Waals surface area (Å²) < 4.78 is 10.4. The maximum absolute atomic E-state index is 9.33. The lowest BCUT2D eigenvalue weighted by atomic mass is 9.98. The molecule has 6 heteroatoms. The number of benzene rings is 1. The number of ether oxygens (including phenoxy) is 2. The first kappa shape index (κ1) is 14.2. The van der Waals surface area contributed by atoms with Crippen molar-refractivity contribution in [3.05, 3.63) is 23.8 Å². The molecule has 2 rings (SSSR count). The lowest BCUT2D eigenvalue weighted by Crippen LogP contribution is -2.05. The molecule has 0 bridgehead atoms. The van der Waals surface area contributed by atoms with Crippen LogP contribution in [0.5, 0.6) is 11.5 Å². The molecule has 0 saturated heterocycles. The van der Waals surface area contributed by atoms with Crippen molar-refractivity contribution >= 4 is 0 Å². The zero-order chi connectivity index (χ0) is 15.7. The third kappa shape index (κ3) is 1.48. The van der Waals surface area contributed by atoms with E-state index in [1.807, 2.05) is 24.3 Å². The van der Waals surface area contributed by atoms with Crippen molar-refractivity contribution in [1.82, 2.24) is 0 Å². The second-order valence-electron chi connectivity index (χ2n) is 4.58. The van der Waals surface area contributed by atoms with Crippen LogP contribution in [0.15, 0.2) is 18.2 Å². The minimum atomic E-state index is -1.70. The molecule has 1 aliphatic rings. The molecule has 1 fully saturated rings. The summed E-state index contributed by atoms with van der Waals surface area (Å²) in [7, 11) is 2.88. The fourth-order valence-electron chi connectivity index (χ4n) is 2.74. The van der Waals surface area contributed by atoms with Crippen molar-refractivity contribution in [1.29, 1.82) is 21.0 Å². The van der Waals surface area contributed by atoms with Gasteiger partial charge in [0.05, 0.1) is 44.4 Å². The van der Waals surface area contributed by atoms with Gasteiger partial charge < -0.3 is 9.47 Å². The van der Waals surface area contributed by atoms with E-state index < -0.39 is 16.7 Å². The zero-order valence-corrected chi connectivity index (χ0v) is 11.4. The van der Waals surface area contributed by atoms with E-state index in [9.17, 15) is 21.0 Å². The minimum Gasteiger partial charge on any atom is -0.493 e. The van der Waals surface area contributed by atoms with Crippen molar-refractivity contribution in [2.24, 2.45) is 10.8 Å². The second-order valence-corrected chi connectivity index (χ2v) is 4.58. The summed E-state index contributed by atoms with van der Waals surface area (Å²) in [5, 5.41) is 37.3. The molecule has 0 aliphatic heterocycles. The van der Waals surface area contributed by atoms with Gasteiger partial charge in [-0.2, -0.15) is 21.0 Å². The van der Waals surface area contributed by atoms with E-state index in [-0.39, 0.29) is 0 Å². The van der Waals surface area contributed by atoms with Gasteiger partial charge >= 0.3 is 0 Å². The van der Waals surface area contributed by atoms with E-state index >= 15 is 0 Å². The number of nitrogens with zero attached hydrogens (tertiary/aromatic N) is 4. The minimum absolute atomic E-state index is 0.326. The Balaban J connectivity index is 2.71. The van der Waals surface area contributed by atoms with Gasteiger partial charge in [0, 0.05) is 5.56 Å². The van der Waals surface area contributed by atoms with Crippen LogP contribution in [0.2, 0.25) is 0 Å². The van der Waals surface area contributed by atoms with Crippen LogP contribution in [0.1, 0.15) is 11.5 Å². The van der Waals surface area contributed by atoms with Crippen LogP contribution >= 0.6 is 0 Å². The topological polar surface area (TPSA) is 114 Å². The molecule has 0 atom stereocenters. The van der Waals surface area contributed by atoms with E-state index in [2.05, 4.69) is 0 Å². The largest absolute Gasteiger partial charge is 0.493 e. The van der Waals surface area contributed by atoms with Crippen molar-refractivity contribution in [3.63, 3.8) is 0 Å². The number of hydrogen-bond donors (Lipinski definition) is 0. The van der Waals surface area contributed by atoms with E-state index in [0.29, 0.717) is 17.1 Å². The molecule has 1 saturated carbocycles. The smallest absolute Gasteiger partial charge is 0.185 e. The van der Waals surface area contributed by atoms with Crippen LogP contribution in [0.25, 0.3) is 0 Å². The van der Waals surface area contributed by atoms with Gasteiger partial charge in [-0.05, 0) is 6.07 Å². The van der Waals surface area contributed by atoms with Gasteiger partial charge in [-0.25, -0.2) is 0 Å². The van der Waals surface area contributed by atoms with E-state index in [1.54, 1.807) is 18.2 Å². The van der Waals surface area contributed by atoms with Crippen LogP contribution in [-0.4, -0.2) is 14.2 Å². The molecule has 1 aromatic carbocycles. The van der Waals surface area contributed by atoms with E-state index in [1.165, 1.54) is 14.2 Å². The Hall–Kier alpha value is -3.22. The summed E-state index contributed by atoms with van der Waals surface area (Å²) >= 11 is 0. The normalized spacial score (nSPS) is 17.4. The first-order valence-electron chi connectivity index (χ1n) is 5.98. The molecular weight excluding hydrogens is 268 g/mol. The van der Waals surface area contributed by atoms with Crippen LogP contribution in [0.3, 0.4) is 0 Å². The van der Waals surface area contributed by atoms with E-state index in [4.69, 9.17) is 9.47 Å². The highest BCUT2D eigenvalue weighted by atomic mass is 16.5. The number of rotatable bonds is 3. The van der Waals surface area contributed by atoms with Crippen LogP contribution < -0.4 is 9.47 Å². The van der Waals surface area contributed by atoms with Crippen molar-refractivity contribution < 1.29 is 9.47 Å². The summed E-state index contributed by atoms with van der Waals surface area (Å²) in [6.07, 6.45) is 0. The zero-order valence-electron chi connectivity index (χ0n) is 11.4. The summed E-state index contributed by atoms with van der Waals surface area (Å²) in [4.78, 5) is 0. The lowest BCUT2D eigenvalue weighted by Gasteiger charge is -2.12. The fourth-order valence-corrected chi connectivity index (χ4v) is 2.74. The van der Waals surface area contributed by atoms with Gasteiger partial charge in [0.1, 0.15) is 0 Å². The lowest BCUT2D eigenvalue weighted by molar-refractivity contribution is 0.351. The molecule has 6 nitrogen and oxygen atoms in total. The monoisotopic (exact) mass is 278 g/mol. The molecule has 102 valence electrons. The van der Waals surface area contributed by atoms with Gasteiger partial charge in [0.25, 0.3) is 0 Å². The average molecular weight is 278 g/mol. The molecule has 1 aliphatic carbocycles. The Morgan fingerprint density at radius 1 is 0.905 bits per heavy atom. The highest BCUT2D eigenvalue weighted by molar-refractivity contribution is 5.63. The molecule has 0 aromatic heterocycles. The molecule has 0 unspecified atom stereocenters. The van der Waals surface area contributed by atoms with Gasteiger partial charge in [0.2, 0.25) is 0 Å². The predicted molar refractivity (Wildman–Crippen MR) is 69.6 cm³/mol. The molecule has 0 heterocycles. The maximum Gasteiger partial charge on any atom is 0.185 e. The Kier molecular flexibility index (Phi) is 3.18. The average Bonchev–Trinajstić information content (AvgIpc) is 3.16. The molecule has 0 amide bonds. The highest BCUT2D eigenvalue weighted by Crippen LogP contribution is 2.74. The number of methoxy groups -OCH3 is 2. The van der Waals surface area contributed by atoms with Crippen LogP contribution in [0.4, 0.5) is 0 Å². The summed E-state index contributed by atoms with van der Waals surface area (Å²) in [5.74, 6) is -0.122. The Bertz CT molecular complexity index is 692. The number of hydrogen-bond acceptors (Lipinski definition) is 6. The summed E-state index contributed by atoms with van der Waals surface area (Å²) in [6, 6.07) is 12.3. The number of para-hydroxylation sites is 1.